The molecular weight excluding hydrogens is 216 g/mol. The minimum absolute atomic E-state index is 0.0526. The van der Waals surface area contributed by atoms with E-state index in [1.54, 1.807) is 31.3 Å². The van der Waals surface area contributed by atoms with Crippen LogP contribution in [0.1, 0.15) is 36.5 Å². The molecule has 0 aliphatic rings. The van der Waals surface area contributed by atoms with E-state index in [-0.39, 0.29) is 11.8 Å². The van der Waals surface area contributed by atoms with E-state index < -0.39 is 0 Å². The number of carbonyl (C=O) groups is 2. The summed E-state index contributed by atoms with van der Waals surface area (Å²) < 4.78 is 0. The molecule has 1 aromatic rings. The van der Waals surface area contributed by atoms with Gasteiger partial charge in [-0.05, 0) is 18.6 Å². The van der Waals surface area contributed by atoms with E-state index in [2.05, 4.69) is 10.6 Å². The van der Waals surface area contributed by atoms with Gasteiger partial charge in [0.15, 0.2) is 0 Å². The number of rotatable bonds is 5. The fourth-order valence-corrected chi connectivity index (χ4v) is 1.47. The second-order valence-corrected chi connectivity index (χ2v) is 3.78. The van der Waals surface area contributed by atoms with Crippen molar-refractivity contribution in [1.82, 2.24) is 5.32 Å². The van der Waals surface area contributed by atoms with Crippen LogP contribution in [0.5, 0.6) is 0 Å². The summed E-state index contributed by atoms with van der Waals surface area (Å²) >= 11 is 0. The Morgan fingerprint density at radius 1 is 1.24 bits per heavy atom. The van der Waals surface area contributed by atoms with Crippen molar-refractivity contribution in [2.24, 2.45) is 0 Å². The maximum atomic E-state index is 11.6. The Bertz CT molecular complexity index is 402. The lowest BCUT2D eigenvalue weighted by Crippen LogP contribution is -2.21. The molecule has 0 spiro atoms. The number of nitrogens with one attached hydrogen (secondary N) is 2. The van der Waals surface area contributed by atoms with Crippen molar-refractivity contribution in [2.45, 2.75) is 26.2 Å². The molecule has 0 saturated carbocycles. The largest absolute Gasteiger partial charge is 0.355 e. The van der Waals surface area contributed by atoms with Gasteiger partial charge in [0.25, 0.3) is 5.91 Å². The minimum Gasteiger partial charge on any atom is -0.355 e. The van der Waals surface area contributed by atoms with Crippen LogP contribution in [0.4, 0.5) is 5.69 Å². The zero-order chi connectivity index (χ0) is 12.7. The molecule has 0 saturated heterocycles. The molecule has 0 aliphatic carbocycles. The monoisotopic (exact) mass is 234 g/mol. The van der Waals surface area contributed by atoms with E-state index >= 15 is 0 Å². The summed E-state index contributed by atoms with van der Waals surface area (Å²) in [5.41, 5.74) is 1.05. The van der Waals surface area contributed by atoms with Gasteiger partial charge in [-0.25, -0.2) is 0 Å². The summed E-state index contributed by atoms with van der Waals surface area (Å²) in [5.74, 6) is -0.250. The number of anilines is 1. The smallest absolute Gasteiger partial charge is 0.253 e. The average molecular weight is 234 g/mol. The van der Waals surface area contributed by atoms with Crippen molar-refractivity contribution < 1.29 is 9.59 Å². The van der Waals surface area contributed by atoms with Gasteiger partial charge in [0, 0.05) is 13.5 Å². The Labute approximate surface area is 101 Å². The van der Waals surface area contributed by atoms with Crippen LogP contribution in [0, 0.1) is 0 Å². The van der Waals surface area contributed by atoms with E-state index in [1.807, 2.05) is 6.92 Å². The van der Waals surface area contributed by atoms with Gasteiger partial charge < -0.3 is 10.6 Å². The fraction of sp³-hybridized carbons (Fsp3) is 0.385. The second kappa shape index (κ2) is 6.68. The second-order valence-electron chi connectivity index (χ2n) is 3.78. The zero-order valence-corrected chi connectivity index (χ0v) is 10.2. The highest BCUT2D eigenvalue weighted by Crippen LogP contribution is 2.15. The van der Waals surface area contributed by atoms with Crippen molar-refractivity contribution in [3.05, 3.63) is 29.8 Å². The molecule has 1 rings (SSSR count). The van der Waals surface area contributed by atoms with Crippen LogP contribution in [0.2, 0.25) is 0 Å². The molecule has 0 heterocycles. The van der Waals surface area contributed by atoms with Crippen LogP contribution < -0.4 is 10.6 Å². The molecule has 92 valence electrons. The van der Waals surface area contributed by atoms with E-state index in [9.17, 15) is 9.59 Å². The zero-order valence-electron chi connectivity index (χ0n) is 10.2. The fourth-order valence-electron chi connectivity index (χ4n) is 1.47. The average Bonchev–Trinajstić information content (AvgIpc) is 2.36. The summed E-state index contributed by atoms with van der Waals surface area (Å²) in [6.45, 7) is 2.03. The van der Waals surface area contributed by atoms with Gasteiger partial charge in [0.1, 0.15) is 0 Å². The highest BCUT2D eigenvalue weighted by atomic mass is 16.2. The summed E-state index contributed by atoms with van der Waals surface area (Å²) in [6.07, 6.45) is 2.32. The molecule has 4 nitrogen and oxygen atoms in total. The highest BCUT2D eigenvalue weighted by molar-refractivity contribution is 6.03. The summed E-state index contributed by atoms with van der Waals surface area (Å²) in [6, 6.07) is 6.98. The highest BCUT2D eigenvalue weighted by Gasteiger charge is 2.10. The number of hydrogen-bond acceptors (Lipinski definition) is 2. The topological polar surface area (TPSA) is 58.2 Å². The molecule has 0 aliphatic heterocycles. The van der Waals surface area contributed by atoms with Crippen LogP contribution in [-0.4, -0.2) is 18.9 Å². The van der Waals surface area contributed by atoms with Gasteiger partial charge in [-0.1, -0.05) is 25.5 Å². The number of para-hydroxylation sites is 1. The van der Waals surface area contributed by atoms with Crippen molar-refractivity contribution in [1.29, 1.82) is 0 Å². The van der Waals surface area contributed by atoms with E-state index in [0.29, 0.717) is 17.7 Å². The van der Waals surface area contributed by atoms with Crippen molar-refractivity contribution >= 4 is 17.5 Å². The Morgan fingerprint density at radius 3 is 2.59 bits per heavy atom. The van der Waals surface area contributed by atoms with E-state index in [4.69, 9.17) is 0 Å². The molecule has 0 fully saturated rings. The van der Waals surface area contributed by atoms with Crippen LogP contribution in [0.3, 0.4) is 0 Å². The number of unbranched alkanes of at least 4 members (excludes halogenated alkanes) is 1. The first-order valence-electron chi connectivity index (χ1n) is 5.80. The molecule has 0 atom stereocenters. The Hall–Kier alpha value is -1.84. The lowest BCUT2D eigenvalue weighted by atomic mass is 10.1. The first-order valence-corrected chi connectivity index (χ1v) is 5.80. The molecule has 0 bridgehead atoms. The Morgan fingerprint density at radius 2 is 1.94 bits per heavy atom. The van der Waals surface area contributed by atoms with Crippen LogP contribution >= 0.6 is 0 Å². The summed E-state index contributed by atoms with van der Waals surface area (Å²) in [7, 11) is 1.57. The van der Waals surface area contributed by atoms with Crippen molar-refractivity contribution in [3.8, 4) is 0 Å². The molecule has 0 unspecified atom stereocenters. The Kier molecular flexibility index (Phi) is 5.20. The third-order valence-corrected chi connectivity index (χ3v) is 2.43. The third-order valence-electron chi connectivity index (χ3n) is 2.43. The van der Waals surface area contributed by atoms with Crippen LogP contribution in [0.25, 0.3) is 0 Å². The number of carbonyl (C=O) groups excluding carboxylic acids is 2. The van der Waals surface area contributed by atoms with Gasteiger partial charge in [-0.3, -0.25) is 9.59 Å². The van der Waals surface area contributed by atoms with Crippen LogP contribution in [0.15, 0.2) is 24.3 Å². The lowest BCUT2D eigenvalue weighted by Gasteiger charge is -2.09. The Balaban J connectivity index is 2.76. The molecule has 4 heteroatoms. The van der Waals surface area contributed by atoms with Gasteiger partial charge in [0.05, 0.1) is 11.3 Å². The van der Waals surface area contributed by atoms with Crippen LogP contribution in [-0.2, 0) is 4.79 Å². The predicted octanol–water partition coefficient (Wildman–Crippen LogP) is 2.17. The maximum Gasteiger partial charge on any atom is 0.253 e. The molecule has 2 amide bonds. The lowest BCUT2D eigenvalue weighted by molar-refractivity contribution is -0.116. The first kappa shape index (κ1) is 13.2. The molecule has 0 radical (unpaired) electrons. The summed E-state index contributed by atoms with van der Waals surface area (Å²) in [4.78, 5) is 23.2. The van der Waals surface area contributed by atoms with Gasteiger partial charge in [-0.15, -0.1) is 0 Å². The molecule has 0 aromatic heterocycles. The molecular formula is C13H18N2O2. The SMILES string of the molecule is CCCCC(=O)Nc1ccccc1C(=O)NC. The first-order chi connectivity index (χ1) is 8.19. The third kappa shape index (κ3) is 3.90. The number of benzene rings is 1. The minimum atomic E-state index is -0.198. The maximum absolute atomic E-state index is 11.6. The van der Waals surface area contributed by atoms with Gasteiger partial charge in [-0.2, -0.15) is 0 Å². The normalized spacial score (nSPS) is 9.76. The molecule has 17 heavy (non-hydrogen) atoms. The van der Waals surface area contributed by atoms with Gasteiger partial charge >= 0.3 is 0 Å². The van der Waals surface area contributed by atoms with Gasteiger partial charge in [0.2, 0.25) is 5.91 Å². The molecule has 1 aromatic carbocycles. The number of hydrogen-bond donors (Lipinski definition) is 2. The van der Waals surface area contributed by atoms with E-state index in [1.165, 1.54) is 0 Å². The number of amides is 2. The standard InChI is InChI=1S/C13H18N2O2/c1-3-4-9-12(16)15-11-8-6-5-7-10(11)13(17)14-2/h5-8H,3-4,9H2,1-2H3,(H,14,17)(H,15,16). The van der Waals surface area contributed by atoms with Crippen molar-refractivity contribution in [2.75, 3.05) is 12.4 Å². The quantitative estimate of drug-likeness (QED) is 0.820. The summed E-state index contributed by atoms with van der Waals surface area (Å²) in [5, 5.41) is 5.31. The van der Waals surface area contributed by atoms with Crippen molar-refractivity contribution in [3.63, 3.8) is 0 Å². The molecule has 2 N–H and O–H groups in total. The predicted molar refractivity (Wildman–Crippen MR) is 68.0 cm³/mol. The van der Waals surface area contributed by atoms with E-state index in [0.717, 1.165) is 12.8 Å².